The van der Waals surface area contributed by atoms with Gasteiger partial charge < -0.3 is 10.4 Å². The van der Waals surface area contributed by atoms with Crippen molar-refractivity contribution in [3.05, 3.63) is 29.3 Å². The molecule has 0 saturated heterocycles. The molecule has 17 heavy (non-hydrogen) atoms. The molecule has 0 radical (unpaired) electrons. The van der Waals surface area contributed by atoms with Crippen molar-refractivity contribution in [2.24, 2.45) is 0 Å². The van der Waals surface area contributed by atoms with Crippen LogP contribution in [0.2, 0.25) is 0 Å². The van der Waals surface area contributed by atoms with Crippen LogP contribution in [0.1, 0.15) is 43.2 Å². The van der Waals surface area contributed by atoms with Crippen molar-refractivity contribution in [3.8, 4) is 0 Å². The second-order valence-corrected chi connectivity index (χ2v) is 5.39. The summed E-state index contributed by atoms with van der Waals surface area (Å²) >= 11 is 0. The van der Waals surface area contributed by atoms with E-state index in [4.69, 9.17) is 0 Å². The highest BCUT2D eigenvalue weighted by molar-refractivity contribution is 5.53. The molecule has 1 aromatic carbocycles. The topological polar surface area (TPSA) is 32.3 Å². The summed E-state index contributed by atoms with van der Waals surface area (Å²) < 4.78 is 0. The molecule has 0 spiro atoms. The van der Waals surface area contributed by atoms with E-state index in [0.29, 0.717) is 6.54 Å². The third-order valence-corrected chi connectivity index (χ3v) is 4.00. The van der Waals surface area contributed by atoms with E-state index in [1.807, 2.05) is 0 Å². The molecule has 2 heteroatoms. The lowest BCUT2D eigenvalue weighted by molar-refractivity contribution is 0.0167. The summed E-state index contributed by atoms with van der Waals surface area (Å²) in [6.07, 6.45) is 5.46. The predicted octanol–water partition coefficient (Wildman–Crippen LogP) is 3.41. The van der Waals surface area contributed by atoms with Gasteiger partial charge in [0.15, 0.2) is 0 Å². The fourth-order valence-corrected chi connectivity index (χ4v) is 2.59. The maximum Gasteiger partial charge on any atom is 0.0819 e. The van der Waals surface area contributed by atoms with Gasteiger partial charge in [-0.2, -0.15) is 0 Å². The lowest BCUT2D eigenvalue weighted by atomic mass is 9.85. The second-order valence-electron chi connectivity index (χ2n) is 5.39. The van der Waals surface area contributed by atoms with E-state index in [9.17, 15) is 5.11 Å². The van der Waals surface area contributed by atoms with Crippen LogP contribution in [0.5, 0.6) is 0 Å². The smallest absolute Gasteiger partial charge is 0.0819 e. The summed E-state index contributed by atoms with van der Waals surface area (Å²) in [5.74, 6) is 0. The average molecular weight is 233 g/mol. The molecule has 2 nitrogen and oxygen atoms in total. The lowest BCUT2D eigenvalue weighted by Gasteiger charge is -2.32. The van der Waals surface area contributed by atoms with E-state index < -0.39 is 5.60 Å². The molecule has 0 heterocycles. The molecular formula is C15H23NO. The Morgan fingerprint density at radius 3 is 2.59 bits per heavy atom. The van der Waals surface area contributed by atoms with Crippen LogP contribution < -0.4 is 5.32 Å². The number of rotatable bonds is 3. The Bertz CT molecular complexity index is 381. The highest BCUT2D eigenvalue weighted by Gasteiger charge is 2.28. The Hall–Kier alpha value is -1.02. The molecule has 1 aromatic rings. The van der Waals surface area contributed by atoms with Gasteiger partial charge in [0.2, 0.25) is 0 Å². The molecule has 0 bridgehead atoms. The molecule has 0 aromatic heterocycles. The van der Waals surface area contributed by atoms with Gasteiger partial charge in [0.05, 0.1) is 5.60 Å². The van der Waals surface area contributed by atoms with Crippen molar-refractivity contribution in [1.29, 1.82) is 0 Å². The zero-order valence-electron chi connectivity index (χ0n) is 10.9. The molecule has 0 unspecified atom stereocenters. The van der Waals surface area contributed by atoms with Gasteiger partial charge in [0.25, 0.3) is 0 Å². The molecule has 94 valence electrons. The Morgan fingerprint density at radius 1 is 1.18 bits per heavy atom. The summed E-state index contributed by atoms with van der Waals surface area (Å²) in [6.45, 7) is 4.93. The minimum atomic E-state index is -0.492. The van der Waals surface area contributed by atoms with Gasteiger partial charge in [0, 0.05) is 12.2 Å². The van der Waals surface area contributed by atoms with Crippen LogP contribution in [0.15, 0.2) is 18.2 Å². The van der Waals surface area contributed by atoms with Crippen LogP contribution >= 0.6 is 0 Å². The van der Waals surface area contributed by atoms with Crippen molar-refractivity contribution < 1.29 is 5.11 Å². The first kappa shape index (κ1) is 12.4. The van der Waals surface area contributed by atoms with Crippen molar-refractivity contribution in [2.75, 3.05) is 11.9 Å². The van der Waals surface area contributed by atoms with Gasteiger partial charge in [-0.3, -0.25) is 0 Å². The van der Waals surface area contributed by atoms with E-state index in [0.717, 1.165) is 31.4 Å². The Balaban J connectivity index is 1.99. The Kier molecular flexibility index (Phi) is 3.72. The molecule has 2 N–H and O–H groups in total. The standard InChI is InChI=1S/C15H23NO/c1-12-7-6-8-14(13(12)2)16-11-15(17)9-4-3-5-10-15/h6-8,16-17H,3-5,9-11H2,1-2H3. The highest BCUT2D eigenvalue weighted by Crippen LogP contribution is 2.29. The van der Waals surface area contributed by atoms with Crippen molar-refractivity contribution in [3.63, 3.8) is 0 Å². The van der Waals surface area contributed by atoms with Gasteiger partial charge in [-0.05, 0) is 43.9 Å². The molecule has 0 atom stereocenters. The number of hydrogen-bond acceptors (Lipinski definition) is 2. The fourth-order valence-electron chi connectivity index (χ4n) is 2.59. The van der Waals surface area contributed by atoms with Crippen molar-refractivity contribution >= 4 is 5.69 Å². The normalized spacial score (nSPS) is 19.0. The molecule has 1 aliphatic rings. The number of anilines is 1. The monoisotopic (exact) mass is 233 g/mol. The van der Waals surface area contributed by atoms with Crippen LogP contribution in [-0.4, -0.2) is 17.3 Å². The second kappa shape index (κ2) is 5.09. The predicted molar refractivity (Wildman–Crippen MR) is 72.4 cm³/mol. The van der Waals surface area contributed by atoms with Crippen LogP contribution in [-0.2, 0) is 0 Å². The minimum Gasteiger partial charge on any atom is -0.388 e. The summed E-state index contributed by atoms with van der Waals surface area (Å²) in [4.78, 5) is 0. The zero-order chi connectivity index (χ0) is 12.3. The van der Waals surface area contributed by atoms with Gasteiger partial charge in [-0.25, -0.2) is 0 Å². The largest absolute Gasteiger partial charge is 0.388 e. The first-order valence-electron chi connectivity index (χ1n) is 6.63. The first-order valence-corrected chi connectivity index (χ1v) is 6.63. The fraction of sp³-hybridized carbons (Fsp3) is 0.600. The molecule has 0 aliphatic heterocycles. The molecule has 1 aliphatic carbocycles. The average Bonchev–Trinajstić information content (AvgIpc) is 2.32. The number of aryl methyl sites for hydroxylation is 1. The van der Waals surface area contributed by atoms with E-state index in [1.165, 1.54) is 17.5 Å². The zero-order valence-corrected chi connectivity index (χ0v) is 10.9. The third-order valence-electron chi connectivity index (χ3n) is 4.00. The van der Waals surface area contributed by atoms with E-state index in [2.05, 4.69) is 37.4 Å². The maximum absolute atomic E-state index is 10.4. The van der Waals surface area contributed by atoms with Crippen LogP contribution in [0.3, 0.4) is 0 Å². The molecule has 0 amide bonds. The van der Waals surface area contributed by atoms with Gasteiger partial charge in [-0.1, -0.05) is 31.4 Å². The Morgan fingerprint density at radius 2 is 1.88 bits per heavy atom. The number of benzene rings is 1. The summed E-state index contributed by atoms with van der Waals surface area (Å²) in [7, 11) is 0. The van der Waals surface area contributed by atoms with Crippen LogP contribution in [0.4, 0.5) is 5.69 Å². The molecule has 2 rings (SSSR count). The van der Waals surface area contributed by atoms with Crippen molar-refractivity contribution in [1.82, 2.24) is 0 Å². The van der Waals surface area contributed by atoms with Gasteiger partial charge in [-0.15, -0.1) is 0 Å². The molecular weight excluding hydrogens is 210 g/mol. The number of nitrogens with one attached hydrogen (secondary N) is 1. The van der Waals surface area contributed by atoms with Crippen molar-refractivity contribution in [2.45, 2.75) is 51.6 Å². The molecule has 1 fully saturated rings. The maximum atomic E-state index is 10.4. The van der Waals surface area contributed by atoms with Gasteiger partial charge in [0.1, 0.15) is 0 Å². The minimum absolute atomic E-state index is 0.492. The van der Waals surface area contributed by atoms with E-state index in [1.54, 1.807) is 0 Å². The molecule has 1 saturated carbocycles. The summed E-state index contributed by atoms with van der Waals surface area (Å²) in [6, 6.07) is 6.28. The SMILES string of the molecule is Cc1cccc(NCC2(O)CCCCC2)c1C. The van der Waals surface area contributed by atoms with Crippen LogP contribution in [0.25, 0.3) is 0 Å². The summed E-state index contributed by atoms with van der Waals surface area (Å²) in [5.41, 5.74) is 3.25. The number of hydrogen-bond donors (Lipinski definition) is 2. The third kappa shape index (κ3) is 3.01. The van der Waals surface area contributed by atoms with E-state index >= 15 is 0 Å². The number of aliphatic hydroxyl groups is 1. The summed E-state index contributed by atoms with van der Waals surface area (Å²) in [5, 5.41) is 13.8. The first-order chi connectivity index (χ1) is 8.11. The van der Waals surface area contributed by atoms with Crippen LogP contribution in [0, 0.1) is 13.8 Å². The quantitative estimate of drug-likeness (QED) is 0.838. The lowest BCUT2D eigenvalue weighted by Crippen LogP contribution is -2.38. The highest BCUT2D eigenvalue weighted by atomic mass is 16.3. The Labute approximate surface area is 104 Å². The van der Waals surface area contributed by atoms with E-state index in [-0.39, 0.29) is 0 Å². The van der Waals surface area contributed by atoms with Gasteiger partial charge >= 0.3 is 0 Å².